The summed E-state index contributed by atoms with van der Waals surface area (Å²) in [6, 6.07) is 11.8. The molecule has 27 heavy (non-hydrogen) atoms. The van der Waals surface area contributed by atoms with E-state index >= 15 is 0 Å². The number of nitrogens with zero attached hydrogens (tertiary/aromatic N) is 2. The molecule has 0 bridgehead atoms. The monoisotopic (exact) mass is 447 g/mol. The first kappa shape index (κ1) is 19.1. The number of rotatable bonds is 6. The maximum Gasteiger partial charge on any atom is 0.262 e. The molecule has 6 nitrogen and oxygen atoms in total. The van der Waals surface area contributed by atoms with Gasteiger partial charge in [-0.25, -0.2) is 0 Å². The van der Waals surface area contributed by atoms with Crippen LogP contribution in [0.5, 0.6) is 5.75 Å². The molecule has 1 aromatic carbocycles. The molecule has 2 heterocycles. The van der Waals surface area contributed by atoms with E-state index in [1.807, 2.05) is 6.07 Å². The summed E-state index contributed by atoms with van der Waals surface area (Å²) >= 11 is 9.36. The topological polar surface area (TPSA) is 73.2 Å². The van der Waals surface area contributed by atoms with Gasteiger partial charge in [-0.15, -0.1) is 0 Å². The lowest BCUT2D eigenvalue weighted by molar-refractivity contribution is -0.118. The summed E-state index contributed by atoms with van der Waals surface area (Å²) in [5.41, 5.74) is 1.21. The van der Waals surface area contributed by atoms with Crippen LogP contribution in [-0.2, 0) is 11.3 Å². The Morgan fingerprint density at radius 3 is 2.85 bits per heavy atom. The number of anilines is 1. The zero-order valence-corrected chi connectivity index (χ0v) is 16.4. The molecule has 0 spiro atoms. The fourth-order valence-electron chi connectivity index (χ4n) is 2.35. The fourth-order valence-corrected chi connectivity index (χ4v) is 3.08. The third kappa shape index (κ3) is 5.42. The van der Waals surface area contributed by atoms with Crippen LogP contribution < -0.4 is 15.6 Å². The highest BCUT2D eigenvalue weighted by molar-refractivity contribution is 9.10. The van der Waals surface area contributed by atoms with Crippen LogP contribution in [0.1, 0.15) is 5.56 Å². The molecule has 3 rings (SSSR count). The van der Waals surface area contributed by atoms with Gasteiger partial charge in [0.05, 0.1) is 17.3 Å². The lowest BCUT2D eigenvalue weighted by atomic mass is 10.3. The van der Waals surface area contributed by atoms with Crippen molar-refractivity contribution in [2.24, 2.45) is 0 Å². The van der Waals surface area contributed by atoms with Crippen molar-refractivity contribution in [3.63, 3.8) is 0 Å². The number of benzene rings is 1. The van der Waals surface area contributed by atoms with Crippen LogP contribution in [0.4, 0.5) is 5.69 Å². The minimum Gasteiger partial charge on any atom is -0.482 e. The summed E-state index contributed by atoms with van der Waals surface area (Å²) in [5.74, 6) is 0.0529. The van der Waals surface area contributed by atoms with E-state index in [1.54, 1.807) is 48.9 Å². The number of carbonyl (C=O) groups is 1. The van der Waals surface area contributed by atoms with Crippen molar-refractivity contribution in [2.45, 2.75) is 6.54 Å². The smallest absolute Gasteiger partial charge is 0.262 e. The SMILES string of the molecule is O=C(COc1ccc(Br)cc1Cl)Nc1ccc(=O)n(Cc2cccnc2)c1. The summed E-state index contributed by atoms with van der Waals surface area (Å²) in [4.78, 5) is 28.2. The number of hydrogen-bond donors (Lipinski definition) is 1. The number of nitrogens with one attached hydrogen (secondary N) is 1. The predicted molar refractivity (Wildman–Crippen MR) is 107 cm³/mol. The highest BCUT2D eigenvalue weighted by atomic mass is 79.9. The Labute approximate surface area is 168 Å². The quantitative estimate of drug-likeness (QED) is 0.624. The van der Waals surface area contributed by atoms with Crippen molar-refractivity contribution in [2.75, 3.05) is 11.9 Å². The van der Waals surface area contributed by atoms with Crippen LogP contribution in [0.3, 0.4) is 0 Å². The average molecular weight is 449 g/mol. The highest BCUT2D eigenvalue weighted by Gasteiger charge is 2.08. The van der Waals surface area contributed by atoms with Gasteiger partial charge in [0.2, 0.25) is 0 Å². The summed E-state index contributed by atoms with van der Waals surface area (Å²) in [5, 5.41) is 3.11. The van der Waals surface area contributed by atoms with Gasteiger partial charge in [0.15, 0.2) is 6.61 Å². The maximum absolute atomic E-state index is 12.1. The zero-order chi connectivity index (χ0) is 19.2. The summed E-state index contributed by atoms with van der Waals surface area (Å²) in [6.07, 6.45) is 4.94. The molecule has 0 fully saturated rings. The minimum absolute atomic E-state index is 0.172. The molecule has 3 aromatic rings. The molecule has 138 valence electrons. The van der Waals surface area contributed by atoms with Crippen molar-refractivity contribution in [3.8, 4) is 5.75 Å². The second-order valence-electron chi connectivity index (χ2n) is 5.66. The van der Waals surface area contributed by atoms with Gasteiger partial charge in [-0.2, -0.15) is 0 Å². The van der Waals surface area contributed by atoms with E-state index in [-0.39, 0.29) is 18.1 Å². The lowest BCUT2D eigenvalue weighted by Crippen LogP contribution is -2.23. The standard InChI is InChI=1S/C19H15BrClN3O3/c20-14-3-5-17(16(21)8-14)27-12-18(25)23-15-4-6-19(26)24(11-15)10-13-2-1-7-22-9-13/h1-9,11H,10,12H2,(H,23,25). The molecule has 0 unspecified atom stereocenters. The molecule has 0 saturated heterocycles. The Hall–Kier alpha value is -2.64. The van der Waals surface area contributed by atoms with Crippen molar-refractivity contribution in [1.29, 1.82) is 0 Å². The molecule has 0 atom stereocenters. The van der Waals surface area contributed by atoms with Crippen LogP contribution in [0.2, 0.25) is 5.02 Å². The van der Waals surface area contributed by atoms with Crippen LogP contribution in [0.25, 0.3) is 0 Å². The molecule has 8 heteroatoms. The van der Waals surface area contributed by atoms with Crippen molar-refractivity contribution < 1.29 is 9.53 Å². The second kappa shape index (κ2) is 8.83. The molecule has 0 aliphatic heterocycles. The van der Waals surface area contributed by atoms with E-state index < -0.39 is 0 Å². The number of ether oxygens (including phenoxy) is 1. The number of halogens is 2. The summed E-state index contributed by atoms with van der Waals surface area (Å²) < 4.78 is 7.75. The first-order valence-electron chi connectivity index (χ1n) is 7.98. The Kier molecular flexibility index (Phi) is 6.26. The molecular weight excluding hydrogens is 434 g/mol. The van der Waals surface area contributed by atoms with Crippen molar-refractivity contribution in [3.05, 3.63) is 86.5 Å². The molecule has 0 radical (unpaired) electrons. The Morgan fingerprint density at radius 2 is 2.11 bits per heavy atom. The molecule has 0 saturated carbocycles. The van der Waals surface area contributed by atoms with Gasteiger partial charge in [0.1, 0.15) is 5.75 Å². The Bertz CT molecular complexity index is 1010. The Balaban J connectivity index is 1.64. The fraction of sp³-hybridized carbons (Fsp3) is 0.105. The van der Waals surface area contributed by atoms with E-state index in [1.165, 1.54) is 10.6 Å². The summed E-state index contributed by atoms with van der Waals surface area (Å²) in [7, 11) is 0. The van der Waals surface area contributed by atoms with Gasteiger partial charge in [-0.1, -0.05) is 33.6 Å². The van der Waals surface area contributed by atoms with Gasteiger partial charge < -0.3 is 14.6 Å². The molecule has 0 aliphatic carbocycles. The third-order valence-corrected chi connectivity index (χ3v) is 4.38. The third-order valence-electron chi connectivity index (χ3n) is 3.60. The number of aromatic nitrogens is 2. The van der Waals surface area contributed by atoms with Gasteiger partial charge in [0.25, 0.3) is 11.5 Å². The molecule has 0 aliphatic rings. The van der Waals surface area contributed by atoms with E-state index in [0.717, 1.165) is 10.0 Å². The zero-order valence-electron chi connectivity index (χ0n) is 14.1. The lowest BCUT2D eigenvalue weighted by Gasteiger charge is -2.11. The molecule has 1 N–H and O–H groups in total. The van der Waals surface area contributed by atoms with Gasteiger partial charge >= 0.3 is 0 Å². The number of amides is 1. The van der Waals surface area contributed by atoms with E-state index in [9.17, 15) is 9.59 Å². The average Bonchev–Trinajstić information content (AvgIpc) is 2.64. The van der Waals surface area contributed by atoms with Gasteiger partial charge in [-0.05, 0) is 35.9 Å². The van der Waals surface area contributed by atoms with Gasteiger partial charge in [-0.3, -0.25) is 14.6 Å². The molecular formula is C19H15BrClN3O3. The van der Waals surface area contributed by atoms with Crippen LogP contribution in [-0.4, -0.2) is 22.1 Å². The first-order valence-corrected chi connectivity index (χ1v) is 9.15. The second-order valence-corrected chi connectivity index (χ2v) is 6.98. The van der Waals surface area contributed by atoms with E-state index in [0.29, 0.717) is 23.0 Å². The minimum atomic E-state index is -0.361. The van der Waals surface area contributed by atoms with Crippen molar-refractivity contribution >= 4 is 39.1 Å². The van der Waals surface area contributed by atoms with Crippen LogP contribution in [0.15, 0.2) is 70.3 Å². The predicted octanol–water partition coefficient (Wildman–Crippen LogP) is 3.73. The molecule has 1 amide bonds. The van der Waals surface area contributed by atoms with Crippen molar-refractivity contribution in [1.82, 2.24) is 9.55 Å². The number of carbonyl (C=O) groups excluding carboxylic acids is 1. The number of pyridine rings is 2. The summed E-state index contributed by atoms with van der Waals surface area (Å²) in [6.45, 7) is 0.157. The largest absolute Gasteiger partial charge is 0.482 e. The van der Waals surface area contributed by atoms with Gasteiger partial charge in [0, 0.05) is 29.1 Å². The Morgan fingerprint density at radius 1 is 1.26 bits per heavy atom. The highest BCUT2D eigenvalue weighted by Crippen LogP contribution is 2.27. The van der Waals surface area contributed by atoms with Crippen LogP contribution >= 0.6 is 27.5 Å². The maximum atomic E-state index is 12.1. The van der Waals surface area contributed by atoms with E-state index in [2.05, 4.69) is 26.2 Å². The number of hydrogen-bond acceptors (Lipinski definition) is 4. The van der Waals surface area contributed by atoms with Crippen LogP contribution in [0, 0.1) is 0 Å². The first-order chi connectivity index (χ1) is 13.0. The molecule has 2 aromatic heterocycles. The van der Waals surface area contributed by atoms with E-state index in [4.69, 9.17) is 16.3 Å². The normalized spacial score (nSPS) is 10.4.